The molecule has 2 saturated heterocycles. The highest BCUT2D eigenvalue weighted by atomic mass is 32.2. The lowest BCUT2D eigenvalue weighted by atomic mass is 10.3. The van der Waals surface area contributed by atoms with Gasteiger partial charge in [-0.25, -0.2) is 12.8 Å². The summed E-state index contributed by atoms with van der Waals surface area (Å²) in [5, 5.41) is 0. The zero-order chi connectivity index (χ0) is 16.4. The normalized spacial score (nSPS) is 23.2. The van der Waals surface area contributed by atoms with E-state index in [2.05, 4.69) is 0 Å². The van der Waals surface area contributed by atoms with Gasteiger partial charge in [-0.3, -0.25) is 4.79 Å². The van der Waals surface area contributed by atoms with E-state index >= 15 is 0 Å². The summed E-state index contributed by atoms with van der Waals surface area (Å²) in [5.74, 6) is 1.87. The van der Waals surface area contributed by atoms with Crippen molar-refractivity contribution in [3.05, 3.63) is 30.1 Å². The first kappa shape index (κ1) is 17.1. The van der Waals surface area contributed by atoms with E-state index in [1.165, 1.54) is 28.2 Å². The average molecular weight is 377 g/mol. The topological polar surface area (TPSA) is 57.7 Å². The highest BCUT2D eigenvalue weighted by molar-refractivity contribution is 8.00. The zero-order valence-corrected chi connectivity index (χ0v) is 14.8. The van der Waals surface area contributed by atoms with Crippen molar-refractivity contribution in [1.82, 2.24) is 9.21 Å². The fourth-order valence-electron chi connectivity index (χ4n) is 2.60. The molecule has 0 aliphatic carbocycles. The molecule has 0 N–H and O–H groups in total. The first-order valence-electron chi connectivity index (χ1n) is 7.22. The third-order valence-electron chi connectivity index (χ3n) is 3.87. The fourth-order valence-corrected chi connectivity index (χ4v) is 6.63. The van der Waals surface area contributed by atoms with Gasteiger partial charge in [-0.15, -0.1) is 11.8 Å². The minimum Gasteiger partial charge on any atom is -0.340 e. The van der Waals surface area contributed by atoms with Crippen LogP contribution in [-0.4, -0.2) is 65.8 Å². The summed E-state index contributed by atoms with van der Waals surface area (Å²) in [6.07, 6.45) is 0. The molecule has 2 heterocycles. The average Bonchev–Trinajstić information content (AvgIpc) is 3.06. The fraction of sp³-hybridized carbons (Fsp3) is 0.500. The highest BCUT2D eigenvalue weighted by Crippen LogP contribution is 2.30. The van der Waals surface area contributed by atoms with Crippen LogP contribution in [-0.2, 0) is 14.8 Å². The van der Waals surface area contributed by atoms with Crippen molar-refractivity contribution >= 4 is 39.5 Å². The number of sulfonamides is 1. The lowest BCUT2D eigenvalue weighted by molar-refractivity contribution is -0.133. The van der Waals surface area contributed by atoms with E-state index in [0.717, 1.165) is 23.6 Å². The molecule has 0 spiro atoms. The van der Waals surface area contributed by atoms with Crippen LogP contribution in [0.25, 0.3) is 0 Å². The van der Waals surface area contributed by atoms with Crippen molar-refractivity contribution in [3.63, 3.8) is 0 Å². The monoisotopic (exact) mass is 376 g/mol. The number of rotatable bonds is 3. The number of thioether (sulfide) groups is 2. The van der Waals surface area contributed by atoms with Crippen LogP contribution in [0.3, 0.4) is 0 Å². The van der Waals surface area contributed by atoms with Crippen LogP contribution in [0.5, 0.6) is 0 Å². The Labute approximate surface area is 143 Å². The van der Waals surface area contributed by atoms with E-state index in [4.69, 9.17) is 0 Å². The summed E-state index contributed by atoms with van der Waals surface area (Å²) in [6, 6.07) is 4.06. The molecule has 2 aliphatic heterocycles. The molecular weight excluding hydrogens is 359 g/mol. The molecule has 126 valence electrons. The zero-order valence-electron chi connectivity index (χ0n) is 12.4. The molecule has 3 rings (SSSR count). The number of halogens is 1. The molecule has 5 nitrogen and oxygen atoms in total. The molecule has 0 unspecified atom stereocenters. The van der Waals surface area contributed by atoms with Crippen molar-refractivity contribution in [3.8, 4) is 0 Å². The molecule has 23 heavy (non-hydrogen) atoms. The summed E-state index contributed by atoms with van der Waals surface area (Å²) >= 11 is 3.22. The van der Waals surface area contributed by atoms with Crippen molar-refractivity contribution in [2.24, 2.45) is 0 Å². The minimum atomic E-state index is -3.80. The Bertz CT molecular complexity index is 675. The predicted octanol–water partition coefficient (Wildman–Crippen LogP) is 1.46. The van der Waals surface area contributed by atoms with Gasteiger partial charge in [0.05, 0.1) is 10.8 Å². The van der Waals surface area contributed by atoms with Gasteiger partial charge in [-0.2, -0.15) is 16.1 Å². The van der Waals surface area contributed by atoms with Crippen LogP contribution in [0.15, 0.2) is 29.2 Å². The number of amides is 1. The summed E-state index contributed by atoms with van der Waals surface area (Å²) in [7, 11) is -3.80. The van der Waals surface area contributed by atoms with Gasteiger partial charge in [0.15, 0.2) is 0 Å². The number of carbonyl (C=O) groups is 1. The molecule has 1 aromatic carbocycles. The summed E-state index contributed by atoms with van der Waals surface area (Å²) in [5.41, 5.74) is 0. The molecule has 0 aromatic heterocycles. The molecule has 1 atom stereocenters. The Balaban J connectivity index is 1.82. The second-order valence-electron chi connectivity index (χ2n) is 5.30. The number of hydrogen-bond donors (Lipinski definition) is 0. The van der Waals surface area contributed by atoms with Crippen molar-refractivity contribution in [2.45, 2.75) is 10.9 Å². The van der Waals surface area contributed by atoms with Crippen LogP contribution in [0.4, 0.5) is 4.39 Å². The summed E-state index contributed by atoms with van der Waals surface area (Å²) in [6.45, 7) is 1.32. The Morgan fingerprint density at radius 2 is 1.78 bits per heavy atom. The van der Waals surface area contributed by atoms with E-state index in [1.54, 1.807) is 16.7 Å². The summed E-state index contributed by atoms with van der Waals surface area (Å²) in [4.78, 5) is 14.5. The lowest BCUT2D eigenvalue weighted by Gasteiger charge is -2.31. The van der Waals surface area contributed by atoms with Crippen LogP contribution >= 0.6 is 23.5 Å². The van der Waals surface area contributed by atoms with Crippen molar-refractivity contribution < 1.29 is 17.6 Å². The van der Waals surface area contributed by atoms with Crippen LogP contribution < -0.4 is 0 Å². The smallest absolute Gasteiger partial charge is 0.244 e. The Morgan fingerprint density at radius 3 is 2.43 bits per heavy atom. The Morgan fingerprint density at radius 1 is 1.13 bits per heavy atom. The third-order valence-corrected chi connectivity index (χ3v) is 7.86. The van der Waals surface area contributed by atoms with Gasteiger partial charge in [-0.1, -0.05) is 0 Å². The first-order chi connectivity index (χ1) is 11.0. The van der Waals surface area contributed by atoms with Gasteiger partial charge < -0.3 is 4.90 Å². The maximum absolute atomic E-state index is 13.0. The van der Waals surface area contributed by atoms with Crippen LogP contribution in [0, 0.1) is 5.82 Å². The molecule has 2 aliphatic rings. The van der Waals surface area contributed by atoms with Crippen LogP contribution in [0.2, 0.25) is 0 Å². The standard InChI is InChI=1S/C14H17FN2O3S3/c15-11-1-3-12(4-2-11)23(19,20)17-10-22-9-13(17)14(18)16-5-7-21-8-6-16/h1-4,13H,5-10H2/t13-/m1/s1. The number of hydrogen-bond acceptors (Lipinski definition) is 5. The Kier molecular flexibility index (Phi) is 5.19. The van der Waals surface area contributed by atoms with Gasteiger partial charge in [0.1, 0.15) is 11.9 Å². The maximum atomic E-state index is 13.0. The largest absolute Gasteiger partial charge is 0.340 e. The van der Waals surface area contributed by atoms with Crippen LogP contribution in [0.1, 0.15) is 0 Å². The highest BCUT2D eigenvalue weighted by Gasteiger charge is 2.41. The molecule has 1 aromatic rings. The van der Waals surface area contributed by atoms with E-state index < -0.39 is 21.9 Å². The molecule has 0 bridgehead atoms. The number of nitrogens with zero attached hydrogens (tertiary/aromatic N) is 2. The van der Waals surface area contributed by atoms with Crippen molar-refractivity contribution in [1.29, 1.82) is 0 Å². The van der Waals surface area contributed by atoms with E-state index in [9.17, 15) is 17.6 Å². The molecular formula is C14H17FN2O3S3. The predicted molar refractivity (Wildman–Crippen MR) is 90.4 cm³/mol. The summed E-state index contributed by atoms with van der Waals surface area (Å²) < 4.78 is 39.8. The number of carbonyl (C=O) groups excluding carboxylic acids is 1. The molecule has 0 radical (unpaired) electrons. The van der Waals surface area contributed by atoms with Gasteiger partial charge in [0.25, 0.3) is 0 Å². The molecule has 2 fully saturated rings. The first-order valence-corrected chi connectivity index (χ1v) is 11.0. The second-order valence-corrected chi connectivity index (χ2v) is 9.41. The van der Waals surface area contributed by atoms with Gasteiger partial charge >= 0.3 is 0 Å². The third kappa shape index (κ3) is 3.52. The maximum Gasteiger partial charge on any atom is 0.244 e. The van der Waals surface area contributed by atoms with E-state index in [0.29, 0.717) is 18.8 Å². The Hall–Kier alpha value is -0.770. The minimum absolute atomic E-state index is 0.0217. The molecule has 0 saturated carbocycles. The van der Waals surface area contributed by atoms with Gasteiger partial charge in [0, 0.05) is 30.3 Å². The number of benzene rings is 1. The van der Waals surface area contributed by atoms with Gasteiger partial charge in [-0.05, 0) is 24.3 Å². The van der Waals surface area contributed by atoms with Crippen molar-refractivity contribution in [2.75, 3.05) is 36.2 Å². The lowest BCUT2D eigenvalue weighted by Crippen LogP contribution is -2.51. The van der Waals surface area contributed by atoms with E-state index in [1.807, 2.05) is 0 Å². The second kappa shape index (κ2) is 7.00. The van der Waals surface area contributed by atoms with Gasteiger partial charge in [0.2, 0.25) is 15.9 Å². The quantitative estimate of drug-likeness (QED) is 0.800. The molecule has 1 amide bonds. The molecule has 9 heteroatoms. The van der Waals surface area contributed by atoms with E-state index in [-0.39, 0.29) is 16.7 Å². The SMILES string of the molecule is O=C([C@H]1CSCN1S(=O)(=O)c1ccc(F)cc1)N1CCSCC1.